The smallest absolute Gasteiger partial charge is 0.784 e. The van der Waals surface area contributed by atoms with Gasteiger partial charge in [0, 0.05) is 0 Å². The summed E-state index contributed by atoms with van der Waals surface area (Å²) in [5, 5.41) is 0. The molecule has 0 spiro atoms. The number of carbonyl (C=O) groups is 2. The van der Waals surface area contributed by atoms with Crippen LogP contribution in [-0.4, -0.2) is 63.6 Å². The van der Waals surface area contributed by atoms with Gasteiger partial charge in [0.15, 0.2) is 0 Å². The quantitative estimate of drug-likeness (QED) is 0.167. The molecule has 0 aliphatic heterocycles. The first-order valence-corrected chi connectivity index (χ1v) is 6.80. The van der Waals surface area contributed by atoms with Gasteiger partial charge in [0.1, 0.15) is 0 Å². The number of hydrogen-bond donors (Lipinski definition) is 0. The van der Waals surface area contributed by atoms with Crippen LogP contribution < -0.4 is 59.1 Å². The van der Waals surface area contributed by atoms with E-state index in [1.807, 2.05) is 0 Å². The summed E-state index contributed by atoms with van der Waals surface area (Å²) >= 11 is -3.11. The van der Waals surface area contributed by atoms with Gasteiger partial charge >= 0.3 is 71.1 Å². The average molecular weight is 494 g/mol. The maximum absolute atomic E-state index is 11.5. The summed E-state index contributed by atoms with van der Waals surface area (Å²) in [6, 6.07) is 16.6. The molecule has 0 bridgehead atoms. The Kier molecular flexibility index (Phi) is 62.5. The van der Waals surface area contributed by atoms with Gasteiger partial charge in [-0.25, -0.2) is 19.4 Å². The Morgan fingerprint density at radius 3 is 0.968 bits per heavy atom. The van der Waals surface area contributed by atoms with E-state index in [-0.39, 0.29) is 97.4 Å². The first-order valence-electron chi connectivity index (χ1n) is 5.80. The third-order valence-corrected chi connectivity index (χ3v) is 2.21. The third kappa shape index (κ3) is 27.1. The Morgan fingerprint density at radius 2 is 0.774 bits per heavy atom. The summed E-state index contributed by atoms with van der Waals surface area (Å²) in [5.74, 6) is -1.42. The van der Waals surface area contributed by atoms with E-state index in [0.717, 1.165) is 0 Å². The molecule has 31 heavy (non-hydrogen) atoms. The largest absolute Gasteiger partial charge is 1.00 e. The molecular formula is C14H24Na2O14S. The molecule has 0 aliphatic carbocycles. The van der Waals surface area contributed by atoms with Crippen LogP contribution in [0.15, 0.2) is 60.7 Å². The summed E-state index contributed by atoms with van der Waals surface area (Å²) in [6.45, 7) is 0. The van der Waals surface area contributed by atoms with E-state index >= 15 is 0 Å². The van der Waals surface area contributed by atoms with Crippen LogP contribution >= 0.6 is 0 Å². The van der Waals surface area contributed by atoms with Gasteiger partial charge in [0.25, 0.3) is 0 Å². The zero-order chi connectivity index (χ0) is 16.4. The summed E-state index contributed by atoms with van der Waals surface area (Å²) < 4.78 is 25.3. The van der Waals surface area contributed by atoms with Crippen LogP contribution in [0.5, 0.6) is 0 Å². The number of rotatable bonds is 2. The topological polar surface area (TPSA) is 336 Å². The maximum Gasteiger partial charge on any atom is 1.00 e. The molecule has 0 fully saturated rings. The molecule has 2 rings (SSSR count). The molecule has 0 radical (unpaired) electrons. The molecule has 0 aromatic heterocycles. The molecule has 0 unspecified atom stereocenters. The summed E-state index contributed by atoms with van der Waals surface area (Å²) in [5.41, 5.74) is 0.636. The van der Waals surface area contributed by atoms with Crippen molar-refractivity contribution in [2.75, 3.05) is 0 Å². The van der Waals surface area contributed by atoms with Crippen molar-refractivity contribution in [1.82, 2.24) is 0 Å². The minimum absolute atomic E-state index is 0. The Balaban J connectivity index is -0.0000000494. The monoisotopic (exact) mass is 494 g/mol. The first-order chi connectivity index (χ1) is 10.5. The standard InChI is InChI=1S/C14H10O4.2Na.H2O3S.7H2O/c15-13(11-7-3-1-4-8-11)17-18-14(16)12-9-5-2-6-10-12;;;1-4(2)3;;;;;;;/h1-10H;;;(H2,1,2,3);7*1H2/q;2*+1;;;;;;;;/p-2. The molecule has 172 valence electrons. The van der Waals surface area contributed by atoms with Crippen LogP contribution in [0.25, 0.3) is 0 Å². The average Bonchev–Trinajstić information content (AvgIpc) is 2.53. The van der Waals surface area contributed by atoms with Crippen molar-refractivity contribution in [2.24, 2.45) is 0 Å². The van der Waals surface area contributed by atoms with Crippen LogP contribution in [0.3, 0.4) is 0 Å². The van der Waals surface area contributed by atoms with Crippen LogP contribution in [-0.2, 0) is 21.1 Å². The molecule has 0 aliphatic rings. The van der Waals surface area contributed by atoms with Gasteiger partial charge < -0.3 is 47.4 Å². The minimum atomic E-state index is -3.11. The van der Waals surface area contributed by atoms with Crippen LogP contribution in [0, 0.1) is 0 Å². The van der Waals surface area contributed by atoms with E-state index in [2.05, 4.69) is 9.78 Å². The fraction of sp³-hybridized carbons (Fsp3) is 0. The van der Waals surface area contributed by atoms with Crippen molar-refractivity contribution in [3.8, 4) is 0 Å². The second-order valence-electron chi connectivity index (χ2n) is 3.68. The van der Waals surface area contributed by atoms with Gasteiger partial charge in [0.05, 0.1) is 11.1 Å². The van der Waals surface area contributed by atoms with E-state index in [1.54, 1.807) is 60.7 Å². The molecule has 0 amide bonds. The molecule has 0 saturated heterocycles. The second kappa shape index (κ2) is 33.8. The van der Waals surface area contributed by atoms with Crippen molar-refractivity contribution < 1.29 is 130 Å². The van der Waals surface area contributed by atoms with Gasteiger partial charge in [-0.3, -0.25) is 4.21 Å². The molecule has 0 saturated carbocycles. The molecule has 0 atom stereocenters. The normalized spacial score (nSPS) is 6.68. The van der Waals surface area contributed by atoms with Crippen molar-refractivity contribution in [3.05, 3.63) is 71.8 Å². The Morgan fingerprint density at radius 1 is 0.581 bits per heavy atom. The minimum Gasteiger partial charge on any atom is -0.784 e. The Hall–Kier alpha value is -0.830. The number of hydrogen-bond acceptors (Lipinski definition) is 7. The maximum atomic E-state index is 11.5. The predicted molar refractivity (Wildman–Crippen MR) is 98.7 cm³/mol. The van der Waals surface area contributed by atoms with E-state index < -0.39 is 23.3 Å². The summed E-state index contributed by atoms with van der Waals surface area (Å²) in [4.78, 5) is 31.9. The predicted octanol–water partition coefficient (Wildman–Crippen LogP) is -10.2. The van der Waals surface area contributed by atoms with Crippen molar-refractivity contribution >= 4 is 23.3 Å². The van der Waals surface area contributed by atoms with Crippen LogP contribution in [0.4, 0.5) is 0 Å². The SMILES string of the molecule is O.O.O.O.O.O.O.O=C(OOC(=O)c1ccccc1)c1ccccc1.O=S([O-])[O-].[Na+].[Na+]. The zero-order valence-electron chi connectivity index (χ0n) is 16.5. The third-order valence-electron chi connectivity index (χ3n) is 2.21. The molecule has 2 aromatic rings. The molecule has 14 N–H and O–H groups in total. The van der Waals surface area contributed by atoms with Crippen molar-refractivity contribution in [2.45, 2.75) is 0 Å². The van der Waals surface area contributed by atoms with E-state index in [4.69, 9.17) is 13.3 Å². The van der Waals surface area contributed by atoms with Gasteiger partial charge in [-0.1, -0.05) is 36.4 Å². The Bertz CT molecular complexity index is 592. The van der Waals surface area contributed by atoms with Crippen LogP contribution in [0.1, 0.15) is 20.7 Å². The van der Waals surface area contributed by atoms with Gasteiger partial charge in [-0.05, 0) is 24.3 Å². The first kappa shape index (κ1) is 57.3. The molecule has 2 aromatic carbocycles. The zero-order valence-corrected chi connectivity index (χ0v) is 21.4. The van der Waals surface area contributed by atoms with Crippen molar-refractivity contribution in [1.29, 1.82) is 0 Å². The summed E-state index contributed by atoms with van der Waals surface area (Å²) in [7, 11) is 0. The van der Waals surface area contributed by atoms with Crippen molar-refractivity contribution in [3.63, 3.8) is 0 Å². The molecule has 14 nitrogen and oxygen atoms in total. The van der Waals surface area contributed by atoms with Crippen LogP contribution in [0.2, 0.25) is 0 Å². The fourth-order valence-electron chi connectivity index (χ4n) is 1.32. The summed E-state index contributed by atoms with van der Waals surface area (Å²) in [6.07, 6.45) is 0. The number of benzene rings is 2. The fourth-order valence-corrected chi connectivity index (χ4v) is 1.32. The van der Waals surface area contributed by atoms with E-state index in [1.165, 1.54) is 0 Å². The Labute approximate surface area is 223 Å². The second-order valence-corrected chi connectivity index (χ2v) is 4.09. The molecule has 17 heteroatoms. The van der Waals surface area contributed by atoms with Gasteiger partial charge in [-0.2, -0.15) is 0 Å². The molecule has 0 heterocycles. The van der Waals surface area contributed by atoms with E-state index in [9.17, 15) is 9.59 Å². The van der Waals surface area contributed by atoms with Gasteiger partial charge in [0.2, 0.25) is 0 Å². The van der Waals surface area contributed by atoms with E-state index in [0.29, 0.717) is 11.1 Å². The number of carbonyl (C=O) groups excluding carboxylic acids is 2. The molecular weight excluding hydrogens is 470 g/mol. The van der Waals surface area contributed by atoms with Gasteiger partial charge in [-0.15, -0.1) is 11.4 Å².